The third-order valence-corrected chi connectivity index (χ3v) is 3.06. The maximum Gasteiger partial charge on any atom is 0.0781 e. The summed E-state index contributed by atoms with van der Waals surface area (Å²) in [7, 11) is 0. The number of ether oxygens (including phenoxy) is 3. The van der Waals surface area contributed by atoms with Crippen molar-refractivity contribution in [1.82, 2.24) is 0 Å². The van der Waals surface area contributed by atoms with Crippen molar-refractivity contribution < 1.29 is 19.3 Å². The van der Waals surface area contributed by atoms with Gasteiger partial charge in [0.15, 0.2) is 0 Å². The number of aliphatic hydroxyl groups excluding tert-OH is 1. The molecule has 0 aromatic rings. The molecule has 0 radical (unpaired) electrons. The molecular formula is C13H28O4S. The minimum Gasteiger partial charge on any atom is -0.391 e. The summed E-state index contributed by atoms with van der Waals surface area (Å²) in [4.78, 5) is 0. The number of thioether (sulfide) groups is 1. The van der Waals surface area contributed by atoms with Gasteiger partial charge in [0, 0.05) is 5.75 Å². The van der Waals surface area contributed by atoms with E-state index >= 15 is 0 Å². The number of hydrogen-bond acceptors (Lipinski definition) is 5. The lowest BCUT2D eigenvalue weighted by molar-refractivity contribution is -0.0757. The summed E-state index contributed by atoms with van der Waals surface area (Å²) in [5.41, 5.74) is 0. The van der Waals surface area contributed by atoms with Crippen molar-refractivity contribution in [3.8, 4) is 0 Å². The van der Waals surface area contributed by atoms with Crippen LogP contribution in [0.1, 0.15) is 27.7 Å². The van der Waals surface area contributed by atoms with Crippen molar-refractivity contribution in [3.05, 3.63) is 0 Å². The van der Waals surface area contributed by atoms with Crippen molar-refractivity contribution in [2.75, 3.05) is 31.8 Å². The largest absolute Gasteiger partial charge is 0.391 e. The first-order valence-electron chi connectivity index (χ1n) is 6.47. The summed E-state index contributed by atoms with van der Waals surface area (Å²) in [6.45, 7) is 9.17. The lowest BCUT2D eigenvalue weighted by atomic mass is 10.4. The van der Waals surface area contributed by atoms with E-state index in [1.54, 1.807) is 18.7 Å². The molecule has 1 N–H and O–H groups in total. The molecule has 0 aliphatic carbocycles. The predicted molar refractivity (Wildman–Crippen MR) is 76.3 cm³/mol. The highest BCUT2D eigenvalue weighted by molar-refractivity contribution is 7.98. The molecule has 0 saturated carbocycles. The average molecular weight is 280 g/mol. The standard InChI is InChI=1S/C13H28O4S/c1-10(14)6-15-11(2)7-16-12(3)8-17-13(4)9-18-5/h10-14H,6-9H2,1-5H3/t10-,11-,12-,13+/m0/s1. The van der Waals surface area contributed by atoms with Crippen molar-refractivity contribution in [2.24, 2.45) is 0 Å². The average Bonchev–Trinajstić information content (AvgIpc) is 2.31. The minimum atomic E-state index is -0.430. The van der Waals surface area contributed by atoms with E-state index in [-0.39, 0.29) is 18.3 Å². The van der Waals surface area contributed by atoms with Gasteiger partial charge in [0.05, 0.1) is 44.2 Å². The van der Waals surface area contributed by atoms with E-state index < -0.39 is 6.10 Å². The van der Waals surface area contributed by atoms with Crippen LogP contribution in [0.2, 0.25) is 0 Å². The third-order valence-electron chi connectivity index (χ3n) is 2.25. The zero-order valence-electron chi connectivity index (χ0n) is 12.2. The Bertz CT molecular complexity index is 190. The molecule has 0 aliphatic heterocycles. The third kappa shape index (κ3) is 11.3. The van der Waals surface area contributed by atoms with E-state index in [0.29, 0.717) is 19.8 Å². The Morgan fingerprint density at radius 2 is 1.28 bits per heavy atom. The highest BCUT2D eigenvalue weighted by Crippen LogP contribution is 2.04. The van der Waals surface area contributed by atoms with E-state index in [9.17, 15) is 0 Å². The zero-order valence-corrected chi connectivity index (χ0v) is 13.0. The molecule has 4 nitrogen and oxygen atoms in total. The molecular weight excluding hydrogens is 252 g/mol. The van der Waals surface area contributed by atoms with E-state index in [1.807, 2.05) is 13.8 Å². The quantitative estimate of drug-likeness (QED) is 0.627. The highest BCUT2D eigenvalue weighted by atomic mass is 32.2. The Kier molecular flexibility index (Phi) is 11.2. The summed E-state index contributed by atoms with van der Waals surface area (Å²) in [6.07, 6.45) is 1.95. The molecule has 0 bridgehead atoms. The first-order valence-corrected chi connectivity index (χ1v) is 7.86. The van der Waals surface area contributed by atoms with Crippen LogP contribution >= 0.6 is 11.8 Å². The van der Waals surface area contributed by atoms with Crippen molar-refractivity contribution in [2.45, 2.75) is 52.1 Å². The molecule has 0 aliphatic rings. The Labute approximate surface area is 115 Å². The molecule has 0 rings (SSSR count). The summed E-state index contributed by atoms with van der Waals surface area (Å²) < 4.78 is 16.7. The summed E-state index contributed by atoms with van der Waals surface area (Å²) in [5, 5.41) is 9.09. The molecule has 0 spiro atoms. The van der Waals surface area contributed by atoms with Gasteiger partial charge in [-0.3, -0.25) is 0 Å². The molecule has 0 saturated heterocycles. The molecule has 0 unspecified atom stereocenters. The Morgan fingerprint density at radius 1 is 0.833 bits per heavy atom. The van der Waals surface area contributed by atoms with Crippen LogP contribution in [0.4, 0.5) is 0 Å². The van der Waals surface area contributed by atoms with Gasteiger partial charge in [0.1, 0.15) is 0 Å². The zero-order chi connectivity index (χ0) is 14.0. The number of aliphatic hydroxyl groups is 1. The van der Waals surface area contributed by atoms with Crippen molar-refractivity contribution in [1.29, 1.82) is 0 Å². The molecule has 0 amide bonds. The first-order chi connectivity index (χ1) is 8.45. The van der Waals surface area contributed by atoms with Crippen LogP contribution in [-0.2, 0) is 14.2 Å². The van der Waals surface area contributed by atoms with E-state index in [4.69, 9.17) is 19.3 Å². The summed E-state index contributed by atoms with van der Waals surface area (Å²) in [5.74, 6) is 1.00. The number of hydrogen-bond donors (Lipinski definition) is 1. The van der Waals surface area contributed by atoms with Gasteiger partial charge in [-0.15, -0.1) is 0 Å². The van der Waals surface area contributed by atoms with Crippen LogP contribution in [0.3, 0.4) is 0 Å². The van der Waals surface area contributed by atoms with Gasteiger partial charge in [0.25, 0.3) is 0 Å². The Balaban J connectivity index is 3.54. The van der Waals surface area contributed by atoms with Gasteiger partial charge in [-0.1, -0.05) is 0 Å². The van der Waals surface area contributed by atoms with Crippen LogP contribution in [-0.4, -0.2) is 61.4 Å². The Hall–Kier alpha value is 0.190. The molecule has 18 heavy (non-hydrogen) atoms. The second-order valence-electron chi connectivity index (χ2n) is 4.74. The molecule has 5 heteroatoms. The van der Waals surface area contributed by atoms with Gasteiger partial charge < -0.3 is 19.3 Å². The number of rotatable bonds is 11. The monoisotopic (exact) mass is 280 g/mol. The first kappa shape index (κ1) is 18.2. The fourth-order valence-corrected chi connectivity index (χ4v) is 1.85. The fourth-order valence-electron chi connectivity index (χ4n) is 1.28. The Morgan fingerprint density at radius 3 is 1.72 bits per heavy atom. The lowest BCUT2D eigenvalue weighted by Crippen LogP contribution is -2.27. The summed E-state index contributed by atoms with van der Waals surface area (Å²) >= 11 is 1.78. The van der Waals surface area contributed by atoms with Crippen LogP contribution in [0.25, 0.3) is 0 Å². The van der Waals surface area contributed by atoms with Crippen LogP contribution < -0.4 is 0 Å². The molecule has 0 aromatic carbocycles. The van der Waals surface area contributed by atoms with Gasteiger partial charge in [0.2, 0.25) is 0 Å². The topological polar surface area (TPSA) is 47.9 Å². The van der Waals surface area contributed by atoms with Crippen LogP contribution in [0.15, 0.2) is 0 Å². The van der Waals surface area contributed by atoms with E-state index in [2.05, 4.69) is 13.2 Å². The molecule has 0 heterocycles. The smallest absolute Gasteiger partial charge is 0.0781 e. The molecule has 110 valence electrons. The van der Waals surface area contributed by atoms with Crippen LogP contribution in [0, 0.1) is 0 Å². The van der Waals surface area contributed by atoms with Crippen LogP contribution in [0.5, 0.6) is 0 Å². The fraction of sp³-hybridized carbons (Fsp3) is 1.00. The second kappa shape index (κ2) is 11.1. The summed E-state index contributed by atoms with van der Waals surface area (Å²) in [6, 6.07) is 0. The van der Waals surface area contributed by atoms with E-state index in [1.165, 1.54) is 0 Å². The van der Waals surface area contributed by atoms with Gasteiger partial charge >= 0.3 is 0 Å². The van der Waals surface area contributed by atoms with E-state index in [0.717, 1.165) is 5.75 Å². The molecule has 0 aromatic heterocycles. The minimum absolute atomic E-state index is 0.00864. The van der Waals surface area contributed by atoms with Gasteiger partial charge in [-0.05, 0) is 34.0 Å². The molecule has 0 fully saturated rings. The second-order valence-corrected chi connectivity index (χ2v) is 5.65. The SMILES string of the molecule is CSC[C@@H](C)OC[C@H](C)OC[C@H](C)OC[C@H](C)O. The molecule has 4 atom stereocenters. The normalized spacial score (nSPS) is 18.3. The predicted octanol–water partition coefficient (Wildman–Crippen LogP) is 1.95. The lowest BCUT2D eigenvalue weighted by Gasteiger charge is -2.20. The van der Waals surface area contributed by atoms with Gasteiger partial charge in [-0.2, -0.15) is 11.8 Å². The van der Waals surface area contributed by atoms with Gasteiger partial charge in [-0.25, -0.2) is 0 Å². The van der Waals surface area contributed by atoms with Crippen molar-refractivity contribution in [3.63, 3.8) is 0 Å². The maximum atomic E-state index is 9.09. The highest BCUT2D eigenvalue weighted by Gasteiger charge is 2.10. The van der Waals surface area contributed by atoms with Crippen molar-refractivity contribution >= 4 is 11.8 Å². The maximum absolute atomic E-state index is 9.09.